The SMILES string of the molecule is CC(C)(C)c1ccc2c(c1)B1c3ccc(C(C)(C)C)c4c3N3c5c(ccc(C(C)(C)C)c5O4)B4c5cc(C(C)(C)C)ccc5Oc5cc(c1c3c54)O2. The van der Waals surface area contributed by atoms with Crippen molar-refractivity contribution in [2.45, 2.75) is 105 Å². The van der Waals surface area contributed by atoms with Gasteiger partial charge in [0.25, 0.3) is 13.4 Å². The Bertz CT molecular complexity index is 2290. The number of hydrogen-bond donors (Lipinski definition) is 0. The van der Waals surface area contributed by atoms with Gasteiger partial charge in [-0.15, -0.1) is 0 Å². The van der Waals surface area contributed by atoms with Crippen LogP contribution in [0.4, 0.5) is 17.1 Å². The first-order valence-corrected chi connectivity index (χ1v) is 19.0. The molecule has 0 bridgehead atoms. The molecule has 0 fully saturated rings. The van der Waals surface area contributed by atoms with Gasteiger partial charge >= 0.3 is 0 Å². The maximum Gasteiger partial charge on any atom is 0.256 e. The zero-order chi connectivity index (χ0) is 36.6. The molecule has 0 spiro atoms. The number of rotatable bonds is 0. The molecule has 4 nitrogen and oxygen atoms in total. The van der Waals surface area contributed by atoms with Gasteiger partial charge in [0.05, 0.1) is 11.4 Å². The number of anilines is 3. The van der Waals surface area contributed by atoms with Crippen molar-refractivity contribution in [2.75, 3.05) is 4.90 Å². The van der Waals surface area contributed by atoms with Gasteiger partial charge in [-0.25, -0.2) is 0 Å². The minimum absolute atomic E-state index is 0.0106. The summed E-state index contributed by atoms with van der Waals surface area (Å²) < 4.78 is 21.4. The van der Waals surface area contributed by atoms with Gasteiger partial charge in [-0.05, 0) is 77.7 Å². The van der Waals surface area contributed by atoms with E-state index in [0.717, 1.165) is 45.9 Å². The van der Waals surface area contributed by atoms with Crippen LogP contribution in [-0.4, -0.2) is 13.4 Å². The summed E-state index contributed by atoms with van der Waals surface area (Å²) in [4.78, 5) is 2.57. The molecule has 0 aliphatic carbocycles. The van der Waals surface area contributed by atoms with Crippen molar-refractivity contribution in [3.63, 3.8) is 0 Å². The Balaban J connectivity index is 1.37. The molecular formula is C46H47B2NO3. The Labute approximate surface area is 309 Å². The van der Waals surface area contributed by atoms with Gasteiger partial charge in [0.2, 0.25) is 0 Å². The molecule has 6 heteroatoms. The molecule has 10 rings (SSSR count). The molecule has 0 atom stereocenters. The van der Waals surface area contributed by atoms with Gasteiger partial charge in [0.1, 0.15) is 23.0 Å². The minimum Gasteiger partial charge on any atom is -0.458 e. The van der Waals surface area contributed by atoms with Crippen LogP contribution in [0, 0.1) is 0 Å². The Morgan fingerprint density at radius 1 is 0.404 bits per heavy atom. The second-order valence-electron chi connectivity index (χ2n) is 19.8. The van der Waals surface area contributed by atoms with Crippen molar-refractivity contribution in [1.29, 1.82) is 0 Å². The first-order chi connectivity index (χ1) is 24.3. The molecule has 0 unspecified atom stereocenters. The summed E-state index contributed by atoms with van der Waals surface area (Å²) in [5, 5.41) is 0. The summed E-state index contributed by atoms with van der Waals surface area (Å²) in [6, 6.07) is 25.2. The number of ether oxygens (including phenoxy) is 3. The average Bonchev–Trinajstić information content (AvgIpc) is 3.05. The van der Waals surface area contributed by atoms with Crippen molar-refractivity contribution < 1.29 is 14.2 Å². The predicted octanol–water partition coefficient (Wildman–Crippen LogP) is 8.32. The van der Waals surface area contributed by atoms with Gasteiger partial charge < -0.3 is 19.1 Å². The van der Waals surface area contributed by atoms with Crippen molar-refractivity contribution >= 4 is 63.3 Å². The molecule has 0 N–H and O–H groups in total. The summed E-state index contributed by atoms with van der Waals surface area (Å²) in [5.74, 6) is 5.50. The van der Waals surface area contributed by atoms with E-state index in [9.17, 15) is 0 Å². The fraction of sp³-hybridized carbons (Fsp3) is 0.348. The third kappa shape index (κ3) is 4.13. The number of hydrogen-bond acceptors (Lipinski definition) is 4. The molecule has 0 aromatic heterocycles. The molecule has 0 radical (unpaired) electrons. The zero-order valence-electron chi connectivity index (χ0n) is 32.7. The molecule has 0 amide bonds. The van der Waals surface area contributed by atoms with Gasteiger partial charge in [-0.1, -0.05) is 132 Å². The van der Waals surface area contributed by atoms with Crippen LogP contribution in [0.1, 0.15) is 105 Å². The average molecular weight is 684 g/mol. The van der Waals surface area contributed by atoms with Crippen molar-refractivity contribution in [3.8, 4) is 34.5 Å². The molecule has 260 valence electrons. The topological polar surface area (TPSA) is 30.9 Å². The fourth-order valence-corrected chi connectivity index (χ4v) is 9.41. The minimum atomic E-state index is -0.139. The molecule has 52 heavy (non-hydrogen) atoms. The number of fused-ring (bicyclic) bond motifs is 6. The lowest BCUT2D eigenvalue weighted by molar-refractivity contribution is 0.432. The molecule has 5 aromatic carbocycles. The highest BCUT2D eigenvalue weighted by atomic mass is 16.5. The maximum atomic E-state index is 7.47. The van der Waals surface area contributed by atoms with E-state index in [-0.39, 0.29) is 35.1 Å². The van der Waals surface area contributed by atoms with E-state index < -0.39 is 0 Å². The van der Waals surface area contributed by atoms with Crippen LogP contribution in [0.15, 0.2) is 66.7 Å². The molecule has 5 heterocycles. The normalized spacial score (nSPS) is 15.7. The van der Waals surface area contributed by atoms with Crippen molar-refractivity contribution in [3.05, 3.63) is 89.0 Å². The van der Waals surface area contributed by atoms with E-state index in [2.05, 4.69) is 155 Å². The Hall–Kier alpha value is -4.57. The largest absolute Gasteiger partial charge is 0.458 e. The van der Waals surface area contributed by atoms with Gasteiger partial charge in [-0.3, -0.25) is 0 Å². The molecule has 0 saturated heterocycles. The first kappa shape index (κ1) is 32.1. The molecule has 5 aliphatic rings. The van der Waals surface area contributed by atoms with Crippen LogP contribution in [0.2, 0.25) is 0 Å². The third-order valence-corrected chi connectivity index (χ3v) is 12.1. The summed E-state index contributed by atoms with van der Waals surface area (Å²) >= 11 is 0. The molecule has 5 aliphatic heterocycles. The van der Waals surface area contributed by atoms with Crippen LogP contribution in [0.5, 0.6) is 34.5 Å². The quantitative estimate of drug-likeness (QED) is 0.151. The zero-order valence-corrected chi connectivity index (χ0v) is 32.7. The van der Waals surface area contributed by atoms with E-state index in [1.807, 2.05) is 0 Å². The monoisotopic (exact) mass is 683 g/mol. The van der Waals surface area contributed by atoms with Crippen molar-refractivity contribution in [2.24, 2.45) is 0 Å². The maximum absolute atomic E-state index is 7.47. The van der Waals surface area contributed by atoms with E-state index in [1.165, 1.54) is 60.7 Å². The van der Waals surface area contributed by atoms with Gasteiger partial charge in [0, 0.05) is 22.9 Å². The number of nitrogens with zero attached hydrogens (tertiary/aromatic N) is 1. The van der Waals surface area contributed by atoms with E-state index in [4.69, 9.17) is 14.2 Å². The van der Waals surface area contributed by atoms with Gasteiger partial charge in [-0.2, -0.15) is 0 Å². The van der Waals surface area contributed by atoms with Crippen LogP contribution in [0.3, 0.4) is 0 Å². The second-order valence-corrected chi connectivity index (χ2v) is 19.8. The predicted molar refractivity (Wildman–Crippen MR) is 218 cm³/mol. The third-order valence-electron chi connectivity index (χ3n) is 12.1. The Morgan fingerprint density at radius 2 is 0.827 bits per heavy atom. The van der Waals surface area contributed by atoms with Crippen LogP contribution >= 0.6 is 0 Å². The highest BCUT2D eigenvalue weighted by Gasteiger charge is 2.54. The van der Waals surface area contributed by atoms with Crippen LogP contribution in [-0.2, 0) is 21.7 Å². The Kier molecular flexibility index (Phi) is 5.99. The summed E-state index contributed by atoms with van der Waals surface area (Å²) in [6.07, 6.45) is 0. The summed E-state index contributed by atoms with van der Waals surface area (Å²) in [7, 11) is 0. The second kappa shape index (κ2) is 9.69. The smallest absolute Gasteiger partial charge is 0.256 e. The lowest BCUT2D eigenvalue weighted by atomic mass is 9.29. The van der Waals surface area contributed by atoms with E-state index >= 15 is 0 Å². The van der Waals surface area contributed by atoms with Crippen LogP contribution < -0.4 is 51.9 Å². The van der Waals surface area contributed by atoms with E-state index in [0.29, 0.717) is 0 Å². The summed E-state index contributed by atoms with van der Waals surface area (Å²) in [6.45, 7) is 27.5. The van der Waals surface area contributed by atoms with Crippen molar-refractivity contribution in [1.82, 2.24) is 0 Å². The molecule has 5 aromatic rings. The van der Waals surface area contributed by atoms with Crippen LogP contribution in [0.25, 0.3) is 0 Å². The van der Waals surface area contributed by atoms with E-state index in [1.54, 1.807) is 0 Å². The lowest BCUT2D eigenvalue weighted by Gasteiger charge is -2.50. The fourth-order valence-electron chi connectivity index (χ4n) is 9.41. The highest BCUT2D eigenvalue weighted by Crippen LogP contribution is 2.58. The first-order valence-electron chi connectivity index (χ1n) is 19.0. The highest BCUT2D eigenvalue weighted by molar-refractivity contribution is 7.03. The summed E-state index contributed by atoms with van der Waals surface area (Å²) in [5.41, 5.74) is 15.6. The molecular weight excluding hydrogens is 636 g/mol. The Morgan fingerprint density at radius 3 is 1.21 bits per heavy atom. The standard InChI is InChI=1S/C46H47B2NO3/c1-43(2,3)24-13-19-32-30(21-24)47-28-17-15-26(45(7,8)9)41-38(28)49-39-29(18-16-27(42(39)52-41)46(10,11)12)48-31-22-25(44(4,5)6)14-20-33(31)51-35-23-34(50-32)36(47)40(49)37(35)48/h13-23H,1-12H3. The van der Waals surface area contributed by atoms with Gasteiger partial charge in [0.15, 0.2) is 11.5 Å². The molecule has 0 saturated carbocycles. The number of benzene rings is 5. The lowest BCUT2D eigenvalue weighted by Crippen LogP contribution is -2.67.